The average Bonchev–Trinajstić information content (AvgIpc) is 2.76. The number of amides is 1. The Kier molecular flexibility index (Phi) is 6.73. The number of hydrogen-bond donors (Lipinski definition) is 1. The van der Waals surface area contributed by atoms with Gasteiger partial charge in [0.25, 0.3) is 0 Å². The molecule has 4 nitrogen and oxygen atoms in total. The summed E-state index contributed by atoms with van der Waals surface area (Å²) < 4.78 is 0.816. The molecule has 1 aromatic heterocycles. The predicted molar refractivity (Wildman–Crippen MR) is 93.0 cm³/mol. The van der Waals surface area contributed by atoms with E-state index in [0.717, 1.165) is 17.4 Å². The summed E-state index contributed by atoms with van der Waals surface area (Å²) in [7, 11) is 0. The predicted octanol–water partition coefficient (Wildman–Crippen LogP) is 3.57. The van der Waals surface area contributed by atoms with Gasteiger partial charge in [0.1, 0.15) is 10.1 Å². The molecule has 0 radical (unpaired) electrons. The summed E-state index contributed by atoms with van der Waals surface area (Å²) in [6, 6.07) is 3.37. The van der Waals surface area contributed by atoms with Gasteiger partial charge in [0, 0.05) is 19.3 Å². The molecule has 0 unspecified atom stereocenters. The number of likely N-dealkylation sites (tertiary alicyclic amines) is 1. The zero-order chi connectivity index (χ0) is 15.1. The van der Waals surface area contributed by atoms with Crippen LogP contribution in [0.4, 0.5) is 5.82 Å². The lowest BCUT2D eigenvalue weighted by Crippen LogP contribution is -2.29. The van der Waals surface area contributed by atoms with Crippen molar-refractivity contribution >= 4 is 51.6 Å². The smallest absolute Gasteiger partial charge is 0.235 e. The maximum atomic E-state index is 11.9. The summed E-state index contributed by atoms with van der Waals surface area (Å²) in [5.41, 5.74) is 0. The Labute approximate surface area is 139 Å². The number of anilines is 1. The zero-order valence-electron chi connectivity index (χ0n) is 11.7. The quantitative estimate of drug-likeness (QED) is 0.850. The SMILES string of the molecule is O=C(CSC(=S)N1CCCCCC1)Nc1ccc(Cl)cn1. The number of hydrogen-bond acceptors (Lipinski definition) is 4. The molecule has 2 rings (SSSR count). The Bertz CT molecular complexity index is 487. The summed E-state index contributed by atoms with van der Waals surface area (Å²) in [6.45, 7) is 2.01. The summed E-state index contributed by atoms with van der Waals surface area (Å²) in [5, 5.41) is 3.28. The Morgan fingerprint density at radius 2 is 2.05 bits per heavy atom. The van der Waals surface area contributed by atoms with E-state index >= 15 is 0 Å². The molecule has 0 spiro atoms. The van der Waals surface area contributed by atoms with Gasteiger partial charge in [0.05, 0.1) is 10.8 Å². The van der Waals surface area contributed by atoms with Crippen LogP contribution in [0.5, 0.6) is 0 Å². The van der Waals surface area contributed by atoms with Crippen LogP contribution in [-0.4, -0.2) is 39.0 Å². The molecule has 1 saturated heterocycles. The van der Waals surface area contributed by atoms with Crippen LogP contribution >= 0.6 is 35.6 Å². The van der Waals surface area contributed by atoms with Crippen molar-refractivity contribution in [3.05, 3.63) is 23.4 Å². The summed E-state index contributed by atoms with van der Waals surface area (Å²) in [6.07, 6.45) is 6.41. The molecule has 7 heteroatoms. The van der Waals surface area contributed by atoms with E-state index in [1.807, 2.05) is 0 Å². The number of carbonyl (C=O) groups is 1. The van der Waals surface area contributed by atoms with Crippen molar-refractivity contribution in [2.75, 3.05) is 24.2 Å². The maximum absolute atomic E-state index is 11.9. The molecule has 1 aromatic rings. The normalized spacial score (nSPS) is 15.4. The van der Waals surface area contributed by atoms with Crippen LogP contribution in [0.25, 0.3) is 0 Å². The van der Waals surface area contributed by atoms with Crippen LogP contribution < -0.4 is 5.32 Å². The zero-order valence-corrected chi connectivity index (χ0v) is 14.1. The van der Waals surface area contributed by atoms with Gasteiger partial charge in [-0.3, -0.25) is 4.79 Å². The van der Waals surface area contributed by atoms with Gasteiger partial charge in [-0.05, 0) is 25.0 Å². The molecule has 1 aliphatic heterocycles. The molecule has 114 valence electrons. The van der Waals surface area contributed by atoms with Crippen molar-refractivity contribution < 1.29 is 4.79 Å². The van der Waals surface area contributed by atoms with Crippen molar-refractivity contribution in [3.63, 3.8) is 0 Å². The van der Waals surface area contributed by atoms with Crippen molar-refractivity contribution in [2.45, 2.75) is 25.7 Å². The summed E-state index contributed by atoms with van der Waals surface area (Å²) in [4.78, 5) is 18.1. The number of nitrogens with zero attached hydrogens (tertiary/aromatic N) is 2. The number of halogens is 1. The number of thioether (sulfide) groups is 1. The lowest BCUT2D eigenvalue weighted by Gasteiger charge is -2.22. The molecular weight excluding hydrogens is 326 g/mol. The molecule has 1 N–H and O–H groups in total. The van der Waals surface area contributed by atoms with Crippen molar-refractivity contribution in [3.8, 4) is 0 Å². The topological polar surface area (TPSA) is 45.2 Å². The van der Waals surface area contributed by atoms with Gasteiger partial charge in [0.2, 0.25) is 5.91 Å². The van der Waals surface area contributed by atoms with Gasteiger partial charge in [-0.25, -0.2) is 4.98 Å². The molecule has 0 aliphatic carbocycles. The van der Waals surface area contributed by atoms with E-state index in [4.69, 9.17) is 23.8 Å². The van der Waals surface area contributed by atoms with Crippen LogP contribution in [0.3, 0.4) is 0 Å². The molecule has 2 heterocycles. The van der Waals surface area contributed by atoms with Crippen molar-refractivity contribution in [1.82, 2.24) is 9.88 Å². The minimum atomic E-state index is -0.105. The highest BCUT2D eigenvalue weighted by Gasteiger charge is 2.14. The third-order valence-electron chi connectivity index (χ3n) is 3.19. The van der Waals surface area contributed by atoms with Gasteiger partial charge in [-0.2, -0.15) is 0 Å². The average molecular weight is 344 g/mol. The molecule has 1 amide bonds. The first-order chi connectivity index (χ1) is 10.1. The molecule has 1 aliphatic rings. The van der Waals surface area contributed by atoms with Crippen LogP contribution in [0.15, 0.2) is 18.3 Å². The van der Waals surface area contributed by atoms with E-state index in [-0.39, 0.29) is 5.91 Å². The first-order valence-corrected chi connectivity index (χ1v) is 8.75. The first-order valence-electron chi connectivity index (χ1n) is 6.98. The second-order valence-electron chi connectivity index (χ2n) is 4.87. The van der Waals surface area contributed by atoms with Gasteiger partial charge < -0.3 is 10.2 Å². The second-order valence-corrected chi connectivity index (χ2v) is 6.91. The third kappa shape index (κ3) is 5.80. The highest BCUT2D eigenvalue weighted by atomic mass is 35.5. The highest BCUT2D eigenvalue weighted by Crippen LogP contribution is 2.16. The number of nitrogens with one attached hydrogen (secondary N) is 1. The Morgan fingerprint density at radius 1 is 1.33 bits per heavy atom. The number of pyridine rings is 1. The fraction of sp³-hybridized carbons (Fsp3) is 0.500. The monoisotopic (exact) mass is 343 g/mol. The van der Waals surface area contributed by atoms with Crippen molar-refractivity contribution in [2.24, 2.45) is 0 Å². The minimum Gasteiger partial charge on any atom is -0.358 e. The number of rotatable bonds is 3. The van der Waals surface area contributed by atoms with Crippen LogP contribution in [0.1, 0.15) is 25.7 Å². The third-order valence-corrected chi connectivity index (χ3v) is 4.93. The molecule has 0 aromatic carbocycles. The second kappa shape index (κ2) is 8.56. The van der Waals surface area contributed by atoms with Crippen LogP contribution in [-0.2, 0) is 4.79 Å². The maximum Gasteiger partial charge on any atom is 0.235 e. The van der Waals surface area contributed by atoms with Crippen molar-refractivity contribution in [1.29, 1.82) is 0 Å². The van der Waals surface area contributed by atoms with E-state index in [1.54, 1.807) is 12.1 Å². The van der Waals surface area contributed by atoms with E-state index in [0.29, 0.717) is 16.6 Å². The van der Waals surface area contributed by atoms with Gasteiger partial charge in [-0.1, -0.05) is 48.4 Å². The van der Waals surface area contributed by atoms with E-state index in [2.05, 4.69) is 15.2 Å². The fourth-order valence-corrected chi connectivity index (χ4v) is 3.26. The standard InChI is InChI=1S/C14H18ClN3OS2/c15-11-5-6-12(16-9-11)17-13(19)10-21-14(20)18-7-3-1-2-4-8-18/h5-6,9H,1-4,7-8,10H2,(H,16,17,19). The number of thiocarbonyl (C=S) groups is 1. The van der Waals surface area contributed by atoms with E-state index in [9.17, 15) is 4.79 Å². The Hall–Kier alpha value is -0.850. The lowest BCUT2D eigenvalue weighted by molar-refractivity contribution is -0.113. The molecule has 0 bridgehead atoms. The lowest BCUT2D eigenvalue weighted by atomic mass is 10.2. The molecule has 0 atom stereocenters. The number of aromatic nitrogens is 1. The van der Waals surface area contributed by atoms with E-state index < -0.39 is 0 Å². The molecule has 0 saturated carbocycles. The number of carbonyl (C=O) groups excluding carboxylic acids is 1. The fourth-order valence-electron chi connectivity index (χ4n) is 2.10. The molecular formula is C14H18ClN3OS2. The van der Waals surface area contributed by atoms with Gasteiger partial charge in [-0.15, -0.1) is 0 Å². The largest absolute Gasteiger partial charge is 0.358 e. The minimum absolute atomic E-state index is 0.105. The van der Waals surface area contributed by atoms with E-state index in [1.165, 1.54) is 43.6 Å². The van der Waals surface area contributed by atoms with Gasteiger partial charge >= 0.3 is 0 Å². The van der Waals surface area contributed by atoms with Crippen LogP contribution in [0.2, 0.25) is 5.02 Å². The van der Waals surface area contributed by atoms with Gasteiger partial charge in [0.15, 0.2) is 0 Å². The highest BCUT2D eigenvalue weighted by molar-refractivity contribution is 8.23. The summed E-state index contributed by atoms with van der Waals surface area (Å²) >= 11 is 12.6. The Morgan fingerprint density at radius 3 is 2.67 bits per heavy atom. The summed E-state index contributed by atoms with van der Waals surface area (Å²) in [5.74, 6) is 0.706. The molecule has 1 fully saturated rings. The Balaban J connectivity index is 1.75. The molecule has 21 heavy (non-hydrogen) atoms. The first kappa shape index (κ1) is 16.5. The van der Waals surface area contributed by atoms with Crippen LogP contribution in [0, 0.1) is 0 Å².